The van der Waals surface area contributed by atoms with Crippen molar-refractivity contribution in [3.05, 3.63) is 33.5 Å². The van der Waals surface area contributed by atoms with E-state index in [1.807, 2.05) is 11.3 Å². The molecule has 1 nitrogen and oxygen atoms in total. The number of allylic oxidation sites excluding steroid dienone is 1. The van der Waals surface area contributed by atoms with Crippen LogP contribution in [-0.2, 0) is 6.54 Å². The Bertz CT molecular complexity index is 338. The first-order chi connectivity index (χ1) is 7.36. The van der Waals surface area contributed by atoms with Gasteiger partial charge in [0.25, 0.3) is 0 Å². The van der Waals surface area contributed by atoms with Crippen molar-refractivity contribution in [1.82, 2.24) is 5.32 Å². The van der Waals surface area contributed by atoms with E-state index in [4.69, 9.17) is 0 Å². The lowest BCUT2D eigenvalue weighted by atomic mass is 10.2. The molecular weight excluding hydrogens is 202 g/mol. The summed E-state index contributed by atoms with van der Waals surface area (Å²) in [5, 5.41) is 5.70. The van der Waals surface area contributed by atoms with Gasteiger partial charge in [-0.05, 0) is 56.2 Å². The van der Waals surface area contributed by atoms with Gasteiger partial charge < -0.3 is 5.32 Å². The molecule has 1 heterocycles. The standard InChI is InChI=1S/C13H19NS/c1-11-7-9-15-13(11)10-14-8-6-12-4-2-3-5-12/h4,7,9,14H,2-3,5-6,8,10H2,1H3. The van der Waals surface area contributed by atoms with E-state index in [2.05, 4.69) is 29.8 Å². The first kappa shape index (κ1) is 10.9. The van der Waals surface area contributed by atoms with E-state index in [1.54, 1.807) is 5.57 Å². The molecule has 0 fully saturated rings. The van der Waals surface area contributed by atoms with Gasteiger partial charge in [0.05, 0.1) is 0 Å². The van der Waals surface area contributed by atoms with Crippen LogP contribution in [0.2, 0.25) is 0 Å². The van der Waals surface area contributed by atoms with Gasteiger partial charge in [-0.3, -0.25) is 0 Å². The van der Waals surface area contributed by atoms with Gasteiger partial charge in [-0.1, -0.05) is 11.6 Å². The first-order valence-electron chi connectivity index (χ1n) is 5.78. The third-order valence-corrected chi connectivity index (χ3v) is 4.03. The van der Waals surface area contributed by atoms with Gasteiger partial charge in [0, 0.05) is 11.4 Å². The second-order valence-corrected chi connectivity index (χ2v) is 5.21. The van der Waals surface area contributed by atoms with E-state index in [1.165, 1.54) is 36.1 Å². The molecule has 15 heavy (non-hydrogen) atoms. The average Bonchev–Trinajstić information content (AvgIpc) is 2.85. The Balaban J connectivity index is 1.65. The minimum absolute atomic E-state index is 1.04. The molecule has 82 valence electrons. The highest BCUT2D eigenvalue weighted by Gasteiger charge is 2.04. The molecule has 0 aliphatic heterocycles. The van der Waals surface area contributed by atoms with Crippen LogP contribution < -0.4 is 5.32 Å². The number of hydrogen-bond acceptors (Lipinski definition) is 2. The lowest BCUT2D eigenvalue weighted by Gasteiger charge is -2.04. The molecule has 1 N–H and O–H groups in total. The molecule has 0 atom stereocenters. The molecule has 2 heteroatoms. The summed E-state index contributed by atoms with van der Waals surface area (Å²) in [5.41, 5.74) is 3.08. The van der Waals surface area contributed by atoms with Gasteiger partial charge in [-0.25, -0.2) is 0 Å². The zero-order chi connectivity index (χ0) is 10.5. The molecule has 1 aliphatic rings. The van der Waals surface area contributed by atoms with Crippen molar-refractivity contribution in [2.24, 2.45) is 0 Å². The van der Waals surface area contributed by atoms with Gasteiger partial charge in [-0.15, -0.1) is 11.3 Å². The Morgan fingerprint density at radius 3 is 3.07 bits per heavy atom. The molecular formula is C13H19NS. The smallest absolute Gasteiger partial charge is 0.0302 e. The van der Waals surface area contributed by atoms with E-state index in [0.29, 0.717) is 0 Å². The molecule has 0 amide bonds. The Labute approximate surface area is 96.2 Å². The predicted molar refractivity (Wildman–Crippen MR) is 67.3 cm³/mol. The van der Waals surface area contributed by atoms with E-state index < -0.39 is 0 Å². The Kier molecular flexibility index (Phi) is 3.98. The maximum Gasteiger partial charge on any atom is 0.0302 e. The van der Waals surface area contributed by atoms with Crippen molar-refractivity contribution in [3.63, 3.8) is 0 Å². The summed E-state index contributed by atoms with van der Waals surface area (Å²) < 4.78 is 0. The highest BCUT2D eigenvalue weighted by Crippen LogP contribution is 2.20. The average molecular weight is 221 g/mol. The fourth-order valence-corrected chi connectivity index (χ4v) is 2.88. The molecule has 0 bridgehead atoms. The monoisotopic (exact) mass is 221 g/mol. The minimum Gasteiger partial charge on any atom is -0.312 e. The minimum atomic E-state index is 1.04. The maximum atomic E-state index is 3.53. The van der Waals surface area contributed by atoms with Crippen LogP contribution >= 0.6 is 11.3 Å². The van der Waals surface area contributed by atoms with E-state index in [-0.39, 0.29) is 0 Å². The highest BCUT2D eigenvalue weighted by molar-refractivity contribution is 7.10. The Morgan fingerprint density at radius 1 is 1.47 bits per heavy atom. The van der Waals surface area contributed by atoms with Gasteiger partial charge in [0.15, 0.2) is 0 Å². The van der Waals surface area contributed by atoms with Gasteiger partial charge >= 0.3 is 0 Å². The summed E-state index contributed by atoms with van der Waals surface area (Å²) in [6, 6.07) is 2.20. The van der Waals surface area contributed by atoms with Crippen LogP contribution in [0.4, 0.5) is 0 Å². The normalized spacial score (nSPS) is 15.7. The quantitative estimate of drug-likeness (QED) is 0.591. The van der Waals surface area contributed by atoms with Crippen molar-refractivity contribution in [3.8, 4) is 0 Å². The van der Waals surface area contributed by atoms with Crippen LogP contribution in [-0.4, -0.2) is 6.54 Å². The van der Waals surface area contributed by atoms with Crippen molar-refractivity contribution < 1.29 is 0 Å². The molecule has 1 aromatic rings. The van der Waals surface area contributed by atoms with Crippen LogP contribution in [0.25, 0.3) is 0 Å². The molecule has 1 aromatic heterocycles. The van der Waals surface area contributed by atoms with E-state index >= 15 is 0 Å². The number of hydrogen-bond donors (Lipinski definition) is 1. The second kappa shape index (κ2) is 5.47. The van der Waals surface area contributed by atoms with Crippen LogP contribution in [0.15, 0.2) is 23.1 Å². The van der Waals surface area contributed by atoms with Crippen molar-refractivity contribution >= 4 is 11.3 Å². The Hall–Kier alpha value is -0.600. The summed E-state index contributed by atoms with van der Waals surface area (Å²) in [7, 11) is 0. The van der Waals surface area contributed by atoms with E-state index in [0.717, 1.165) is 13.1 Å². The largest absolute Gasteiger partial charge is 0.312 e. The molecule has 0 aromatic carbocycles. The van der Waals surface area contributed by atoms with Gasteiger partial charge in [0.2, 0.25) is 0 Å². The summed E-state index contributed by atoms with van der Waals surface area (Å²) in [6.45, 7) is 4.35. The molecule has 0 saturated carbocycles. The maximum absolute atomic E-state index is 3.53. The summed E-state index contributed by atoms with van der Waals surface area (Å²) in [6.07, 6.45) is 7.67. The molecule has 1 aliphatic carbocycles. The highest BCUT2D eigenvalue weighted by atomic mass is 32.1. The van der Waals surface area contributed by atoms with Crippen LogP contribution in [0.3, 0.4) is 0 Å². The van der Waals surface area contributed by atoms with Gasteiger partial charge in [0.1, 0.15) is 0 Å². The fraction of sp³-hybridized carbons (Fsp3) is 0.538. The Morgan fingerprint density at radius 2 is 2.40 bits per heavy atom. The number of nitrogens with one attached hydrogen (secondary N) is 1. The lowest BCUT2D eigenvalue weighted by molar-refractivity contribution is 0.680. The molecule has 2 rings (SSSR count). The van der Waals surface area contributed by atoms with Crippen LogP contribution in [0, 0.1) is 6.92 Å². The number of rotatable bonds is 5. The van der Waals surface area contributed by atoms with Gasteiger partial charge in [-0.2, -0.15) is 0 Å². The summed E-state index contributed by atoms with van der Waals surface area (Å²) >= 11 is 1.86. The summed E-state index contributed by atoms with van der Waals surface area (Å²) in [5.74, 6) is 0. The fourth-order valence-electron chi connectivity index (χ4n) is 2.00. The number of aryl methyl sites for hydroxylation is 1. The lowest BCUT2D eigenvalue weighted by Crippen LogP contribution is -2.14. The van der Waals surface area contributed by atoms with E-state index in [9.17, 15) is 0 Å². The SMILES string of the molecule is Cc1ccsc1CNCCC1=CCCC1. The second-order valence-electron chi connectivity index (χ2n) is 4.21. The third kappa shape index (κ3) is 3.18. The van der Waals surface area contributed by atoms with Crippen LogP contribution in [0.5, 0.6) is 0 Å². The van der Waals surface area contributed by atoms with Crippen molar-refractivity contribution in [2.45, 2.75) is 39.2 Å². The third-order valence-electron chi connectivity index (χ3n) is 3.01. The zero-order valence-corrected chi connectivity index (χ0v) is 10.2. The first-order valence-corrected chi connectivity index (χ1v) is 6.66. The topological polar surface area (TPSA) is 12.0 Å². The zero-order valence-electron chi connectivity index (χ0n) is 9.38. The predicted octanol–water partition coefficient (Wildman–Crippen LogP) is 3.65. The van der Waals surface area contributed by atoms with Crippen molar-refractivity contribution in [2.75, 3.05) is 6.54 Å². The number of thiophene rings is 1. The molecule has 0 unspecified atom stereocenters. The molecule has 0 saturated heterocycles. The summed E-state index contributed by atoms with van der Waals surface area (Å²) in [4.78, 5) is 1.48. The molecule has 0 radical (unpaired) electrons. The molecule has 0 spiro atoms. The van der Waals surface area contributed by atoms with Crippen molar-refractivity contribution in [1.29, 1.82) is 0 Å². The van der Waals surface area contributed by atoms with Crippen LogP contribution in [0.1, 0.15) is 36.1 Å².